The van der Waals surface area contributed by atoms with E-state index in [0.717, 1.165) is 25.6 Å². The van der Waals surface area contributed by atoms with Crippen LogP contribution < -0.4 is 5.32 Å². The van der Waals surface area contributed by atoms with Gasteiger partial charge in [0.2, 0.25) is 0 Å². The van der Waals surface area contributed by atoms with Crippen LogP contribution in [0.3, 0.4) is 0 Å². The van der Waals surface area contributed by atoms with E-state index >= 15 is 0 Å². The summed E-state index contributed by atoms with van der Waals surface area (Å²) in [6.45, 7) is 5.12. The molecule has 0 aliphatic carbocycles. The molecule has 1 unspecified atom stereocenters. The minimum absolute atomic E-state index is 0. The van der Waals surface area contributed by atoms with Crippen LogP contribution in [0.2, 0.25) is 0 Å². The molecule has 1 N–H and O–H groups in total. The zero-order valence-corrected chi connectivity index (χ0v) is 13.6. The van der Waals surface area contributed by atoms with Gasteiger partial charge in [-0.1, -0.05) is 0 Å². The van der Waals surface area contributed by atoms with Crippen molar-refractivity contribution in [1.29, 1.82) is 0 Å². The van der Waals surface area contributed by atoms with Crippen LogP contribution >= 0.6 is 24.0 Å². The van der Waals surface area contributed by atoms with Crippen molar-refractivity contribution in [2.45, 2.75) is 19.3 Å². The van der Waals surface area contributed by atoms with Crippen molar-refractivity contribution < 1.29 is 0 Å². The number of guanidine groups is 1. The lowest BCUT2D eigenvalue weighted by Gasteiger charge is -2.20. The Labute approximate surface area is 126 Å². The summed E-state index contributed by atoms with van der Waals surface area (Å²) in [6.07, 6.45) is 5.27. The molecule has 1 saturated heterocycles. The number of rotatable bonds is 2. The van der Waals surface area contributed by atoms with Gasteiger partial charge in [0.25, 0.3) is 0 Å². The third-order valence-corrected chi connectivity index (χ3v) is 3.23. The zero-order chi connectivity index (χ0) is 12.3. The van der Waals surface area contributed by atoms with Crippen LogP contribution in [-0.2, 0) is 7.05 Å². The molecule has 1 aliphatic rings. The van der Waals surface area contributed by atoms with Gasteiger partial charge < -0.3 is 10.2 Å². The summed E-state index contributed by atoms with van der Waals surface area (Å²) >= 11 is 0. The minimum Gasteiger partial charge on any atom is -0.357 e. The molecule has 0 aromatic carbocycles. The van der Waals surface area contributed by atoms with Crippen LogP contribution in [0.4, 0.5) is 0 Å². The number of aromatic nitrogens is 2. The van der Waals surface area contributed by atoms with Gasteiger partial charge in [-0.2, -0.15) is 5.10 Å². The summed E-state index contributed by atoms with van der Waals surface area (Å²) < 4.78 is 1.87. The van der Waals surface area contributed by atoms with Gasteiger partial charge in [0.15, 0.2) is 5.96 Å². The maximum absolute atomic E-state index is 4.30. The lowest BCUT2D eigenvalue weighted by atomic mass is 10.0. The van der Waals surface area contributed by atoms with E-state index in [1.54, 1.807) is 0 Å². The van der Waals surface area contributed by atoms with Crippen molar-refractivity contribution in [3.8, 4) is 0 Å². The molecule has 0 amide bonds. The highest BCUT2D eigenvalue weighted by Crippen LogP contribution is 2.26. The summed E-state index contributed by atoms with van der Waals surface area (Å²) in [5, 5.41) is 7.55. The smallest absolute Gasteiger partial charge is 0.193 e. The Kier molecular flexibility index (Phi) is 5.90. The van der Waals surface area contributed by atoms with Crippen molar-refractivity contribution in [2.75, 3.05) is 26.7 Å². The molecule has 0 radical (unpaired) electrons. The first-order valence-electron chi connectivity index (χ1n) is 6.18. The molecule has 6 heteroatoms. The second kappa shape index (κ2) is 6.96. The van der Waals surface area contributed by atoms with E-state index < -0.39 is 0 Å². The van der Waals surface area contributed by atoms with Crippen molar-refractivity contribution in [3.63, 3.8) is 0 Å². The van der Waals surface area contributed by atoms with Crippen molar-refractivity contribution in [3.05, 3.63) is 18.0 Å². The van der Waals surface area contributed by atoms with Crippen LogP contribution in [0, 0.1) is 0 Å². The summed E-state index contributed by atoms with van der Waals surface area (Å²) in [5.41, 5.74) is 1.34. The van der Waals surface area contributed by atoms with Crippen LogP contribution in [-0.4, -0.2) is 47.3 Å². The molecule has 1 aromatic heterocycles. The van der Waals surface area contributed by atoms with Gasteiger partial charge in [-0.3, -0.25) is 9.67 Å². The number of hydrogen-bond acceptors (Lipinski definition) is 2. The highest BCUT2D eigenvalue weighted by Gasteiger charge is 2.26. The second-order valence-electron chi connectivity index (χ2n) is 4.46. The Hall–Kier alpha value is -0.790. The summed E-state index contributed by atoms with van der Waals surface area (Å²) in [5.74, 6) is 1.60. The number of aliphatic imine (C=N–C) groups is 1. The summed E-state index contributed by atoms with van der Waals surface area (Å²) in [6, 6.07) is 0. The molecule has 2 heterocycles. The van der Waals surface area contributed by atoms with Gasteiger partial charge in [-0.25, -0.2) is 0 Å². The number of likely N-dealkylation sites (tertiary alicyclic amines) is 1. The van der Waals surface area contributed by atoms with Gasteiger partial charge in [0.05, 0.1) is 6.20 Å². The van der Waals surface area contributed by atoms with Gasteiger partial charge >= 0.3 is 0 Å². The quantitative estimate of drug-likeness (QED) is 0.491. The lowest BCUT2D eigenvalue weighted by Crippen LogP contribution is -2.39. The molecular weight excluding hydrogens is 341 g/mol. The predicted octanol–water partition coefficient (Wildman–Crippen LogP) is 1.42. The average molecular weight is 363 g/mol. The summed E-state index contributed by atoms with van der Waals surface area (Å²) in [4.78, 5) is 6.62. The first kappa shape index (κ1) is 15.3. The highest BCUT2D eigenvalue weighted by molar-refractivity contribution is 14.0. The first-order chi connectivity index (χ1) is 8.24. The highest BCUT2D eigenvalue weighted by atomic mass is 127. The Balaban J connectivity index is 0.00000162. The number of aryl methyl sites for hydroxylation is 1. The number of hydrogen-bond donors (Lipinski definition) is 1. The SMILES string of the molecule is CCNC(=NC)N1CCC(c2cnn(C)c2)C1.I. The second-order valence-corrected chi connectivity index (χ2v) is 4.46. The Morgan fingerprint density at radius 1 is 1.61 bits per heavy atom. The summed E-state index contributed by atoms with van der Waals surface area (Å²) in [7, 11) is 3.81. The van der Waals surface area contributed by atoms with E-state index in [9.17, 15) is 0 Å². The third kappa shape index (κ3) is 3.37. The van der Waals surface area contributed by atoms with E-state index in [2.05, 4.69) is 33.4 Å². The van der Waals surface area contributed by atoms with Gasteiger partial charge in [-0.05, 0) is 18.9 Å². The standard InChI is InChI=1S/C12H21N5.HI/c1-4-14-12(13-2)17-6-5-10(9-17)11-7-15-16(3)8-11;/h7-8,10H,4-6,9H2,1-3H3,(H,13,14);1H. The predicted molar refractivity (Wildman–Crippen MR) is 84.6 cm³/mol. The molecule has 0 spiro atoms. The molecule has 1 aromatic rings. The average Bonchev–Trinajstić information content (AvgIpc) is 2.94. The van der Waals surface area contributed by atoms with Crippen LogP contribution in [0.25, 0.3) is 0 Å². The monoisotopic (exact) mass is 363 g/mol. The largest absolute Gasteiger partial charge is 0.357 e. The normalized spacial score (nSPS) is 19.8. The van der Waals surface area contributed by atoms with E-state index in [-0.39, 0.29) is 24.0 Å². The van der Waals surface area contributed by atoms with Crippen LogP contribution in [0.15, 0.2) is 17.4 Å². The van der Waals surface area contributed by atoms with Crippen molar-refractivity contribution >= 4 is 29.9 Å². The van der Waals surface area contributed by atoms with Crippen molar-refractivity contribution in [1.82, 2.24) is 20.0 Å². The maximum atomic E-state index is 4.30. The minimum atomic E-state index is 0. The first-order valence-corrected chi connectivity index (χ1v) is 6.18. The van der Waals surface area contributed by atoms with E-state index in [4.69, 9.17) is 0 Å². The van der Waals surface area contributed by atoms with Gasteiger partial charge in [0, 0.05) is 45.8 Å². The van der Waals surface area contributed by atoms with E-state index in [1.807, 2.05) is 25.0 Å². The fraction of sp³-hybridized carbons (Fsp3) is 0.667. The molecule has 18 heavy (non-hydrogen) atoms. The van der Waals surface area contributed by atoms with Gasteiger partial charge in [-0.15, -0.1) is 24.0 Å². The molecule has 1 atom stereocenters. The number of halogens is 1. The molecule has 5 nitrogen and oxygen atoms in total. The van der Waals surface area contributed by atoms with E-state index in [0.29, 0.717) is 5.92 Å². The topological polar surface area (TPSA) is 45.5 Å². The Morgan fingerprint density at radius 3 is 2.94 bits per heavy atom. The molecule has 0 bridgehead atoms. The van der Waals surface area contributed by atoms with E-state index in [1.165, 1.54) is 12.0 Å². The molecule has 102 valence electrons. The van der Waals surface area contributed by atoms with Crippen LogP contribution in [0.5, 0.6) is 0 Å². The van der Waals surface area contributed by atoms with Crippen LogP contribution in [0.1, 0.15) is 24.8 Å². The van der Waals surface area contributed by atoms with Crippen molar-refractivity contribution in [2.24, 2.45) is 12.0 Å². The molecule has 0 saturated carbocycles. The lowest BCUT2D eigenvalue weighted by molar-refractivity contribution is 0.488. The third-order valence-electron chi connectivity index (χ3n) is 3.23. The fourth-order valence-corrected chi connectivity index (χ4v) is 2.37. The zero-order valence-electron chi connectivity index (χ0n) is 11.3. The van der Waals surface area contributed by atoms with Gasteiger partial charge in [0.1, 0.15) is 0 Å². The fourth-order valence-electron chi connectivity index (χ4n) is 2.37. The maximum Gasteiger partial charge on any atom is 0.193 e. The Morgan fingerprint density at radius 2 is 2.39 bits per heavy atom. The Bertz CT molecular complexity index is 401. The molecule has 2 rings (SSSR count). The molecular formula is C12H22IN5. The number of nitrogens with zero attached hydrogens (tertiary/aromatic N) is 4. The molecule has 1 aliphatic heterocycles. The molecule has 1 fully saturated rings. The number of nitrogens with one attached hydrogen (secondary N) is 1.